The number of nitrogens with one attached hydrogen (secondary N) is 1. The second-order valence-corrected chi connectivity index (χ2v) is 5.21. The Morgan fingerprint density at radius 2 is 2.29 bits per heavy atom. The van der Waals surface area contributed by atoms with Crippen molar-refractivity contribution in [2.75, 3.05) is 31.6 Å². The lowest BCUT2D eigenvalue weighted by atomic mass is 10.2. The van der Waals surface area contributed by atoms with E-state index in [1.165, 1.54) is 0 Å². The number of amides is 1. The minimum Gasteiger partial charge on any atom is -0.480 e. The Bertz CT molecular complexity index is 523. The van der Waals surface area contributed by atoms with Gasteiger partial charge in [-0.3, -0.25) is 14.5 Å². The number of hydrogen-bond donors (Lipinski definition) is 2. The van der Waals surface area contributed by atoms with Gasteiger partial charge >= 0.3 is 5.97 Å². The third-order valence-corrected chi connectivity index (χ3v) is 3.49. The van der Waals surface area contributed by atoms with E-state index in [-0.39, 0.29) is 18.9 Å². The highest BCUT2D eigenvalue weighted by molar-refractivity contribution is 6.30. The average Bonchev–Trinajstić information content (AvgIpc) is 2.45. The van der Waals surface area contributed by atoms with Crippen molar-refractivity contribution in [2.45, 2.75) is 12.5 Å². The summed E-state index contributed by atoms with van der Waals surface area (Å²) < 4.78 is 5.15. The van der Waals surface area contributed by atoms with Crippen LogP contribution in [0.5, 0.6) is 0 Å². The Morgan fingerprint density at radius 1 is 1.48 bits per heavy atom. The zero-order valence-electron chi connectivity index (χ0n) is 11.4. The summed E-state index contributed by atoms with van der Waals surface area (Å²) in [6.07, 6.45) is 0.219. The standard InChI is InChI=1S/C14H17ClN2O4/c15-10-2-1-3-11(8-10)16-13(18)4-5-17-6-7-21-9-12(17)14(19)20/h1-3,8,12H,4-7,9H2,(H,16,18)(H,19,20). The van der Waals surface area contributed by atoms with Gasteiger partial charge in [-0.2, -0.15) is 0 Å². The number of carbonyl (C=O) groups is 2. The molecule has 1 aliphatic heterocycles. The largest absolute Gasteiger partial charge is 0.480 e. The van der Waals surface area contributed by atoms with Gasteiger partial charge in [-0.1, -0.05) is 17.7 Å². The molecule has 21 heavy (non-hydrogen) atoms. The lowest BCUT2D eigenvalue weighted by molar-refractivity contribution is -0.150. The van der Waals surface area contributed by atoms with Gasteiger partial charge in [-0.05, 0) is 18.2 Å². The van der Waals surface area contributed by atoms with Crippen LogP contribution in [0.15, 0.2) is 24.3 Å². The van der Waals surface area contributed by atoms with Gasteiger partial charge in [0.05, 0.1) is 13.2 Å². The molecular weight excluding hydrogens is 296 g/mol. The van der Waals surface area contributed by atoms with Crippen LogP contribution in [0.1, 0.15) is 6.42 Å². The lowest BCUT2D eigenvalue weighted by Gasteiger charge is -2.32. The van der Waals surface area contributed by atoms with Crippen LogP contribution >= 0.6 is 11.6 Å². The number of ether oxygens (including phenoxy) is 1. The smallest absolute Gasteiger partial charge is 0.323 e. The van der Waals surface area contributed by atoms with E-state index >= 15 is 0 Å². The predicted molar refractivity (Wildman–Crippen MR) is 78.5 cm³/mol. The molecule has 0 aromatic heterocycles. The van der Waals surface area contributed by atoms with Crippen LogP contribution in [-0.4, -0.2) is 54.2 Å². The molecule has 1 aliphatic rings. The monoisotopic (exact) mass is 312 g/mol. The molecule has 114 valence electrons. The number of carbonyl (C=O) groups excluding carboxylic acids is 1. The fourth-order valence-electron chi connectivity index (χ4n) is 2.17. The predicted octanol–water partition coefficient (Wildman–Crippen LogP) is 1.45. The quantitative estimate of drug-likeness (QED) is 0.860. The Balaban J connectivity index is 1.84. The van der Waals surface area contributed by atoms with E-state index in [4.69, 9.17) is 21.4 Å². The van der Waals surface area contributed by atoms with E-state index in [9.17, 15) is 9.59 Å². The van der Waals surface area contributed by atoms with Gasteiger partial charge in [0, 0.05) is 30.2 Å². The van der Waals surface area contributed by atoms with Crippen molar-refractivity contribution < 1.29 is 19.4 Å². The van der Waals surface area contributed by atoms with E-state index in [2.05, 4.69) is 5.32 Å². The molecule has 0 radical (unpaired) electrons. The number of anilines is 1. The molecule has 1 amide bonds. The number of aliphatic carboxylic acids is 1. The molecular formula is C14H17ClN2O4. The summed E-state index contributed by atoms with van der Waals surface area (Å²) in [4.78, 5) is 24.7. The summed E-state index contributed by atoms with van der Waals surface area (Å²) in [5.41, 5.74) is 0.629. The second-order valence-electron chi connectivity index (χ2n) is 4.77. The molecule has 1 atom stereocenters. The first-order valence-electron chi connectivity index (χ1n) is 6.66. The van der Waals surface area contributed by atoms with Crippen molar-refractivity contribution in [3.8, 4) is 0 Å². The van der Waals surface area contributed by atoms with Crippen LogP contribution in [-0.2, 0) is 14.3 Å². The van der Waals surface area contributed by atoms with Crippen molar-refractivity contribution in [3.63, 3.8) is 0 Å². The molecule has 2 rings (SSSR count). The van der Waals surface area contributed by atoms with Crippen LogP contribution in [0.4, 0.5) is 5.69 Å². The van der Waals surface area contributed by atoms with Crippen molar-refractivity contribution in [1.29, 1.82) is 0 Å². The average molecular weight is 313 g/mol. The Hall–Kier alpha value is -1.63. The van der Waals surface area contributed by atoms with Crippen LogP contribution in [0, 0.1) is 0 Å². The number of carboxylic acid groups (broad SMARTS) is 1. The third-order valence-electron chi connectivity index (χ3n) is 3.26. The Kier molecular flexibility index (Phi) is 5.55. The fourth-order valence-corrected chi connectivity index (χ4v) is 2.36. The molecule has 1 heterocycles. The van der Waals surface area contributed by atoms with E-state index in [0.29, 0.717) is 30.4 Å². The molecule has 7 heteroatoms. The SMILES string of the molecule is O=C(CCN1CCOCC1C(=O)O)Nc1cccc(Cl)c1. The number of rotatable bonds is 5. The molecule has 0 spiro atoms. The molecule has 1 fully saturated rings. The maximum absolute atomic E-state index is 11.9. The molecule has 0 aliphatic carbocycles. The Morgan fingerprint density at radius 3 is 3.00 bits per heavy atom. The highest BCUT2D eigenvalue weighted by Crippen LogP contribution is 2.15. The zero-order valence-corrected chi connectivity index (χ0v) is 12.2. The number of carboxylic acids is 1. The minimum absolute atomic E-state index is 0.158. The number of morpholine rings is 1. The molecule has 1 aromatic rings. The van der Waals surface area contributed by atoms with Gasteiger partial charge in [0.25, 0.3) is 0 Å². The minimum atomic E-state index is -0.926. The molecule has 1 aromatic carbocycles. The molecule has 0 saturated carbocycles. The van der Waals surface area contributed by atoms with E-state index < -0.39 is 12.0 Å². The first kappa shape index (κ1) is 15.8. The summed E-state index contributed by atoms with van der Waals surface area (Å²) in [7, 11) is 0. The molecule has 2 N–H and O–H groups in total. The van der Waals surface area contributed by atoms with Crippen molar-refractivity contribution in [2.24, 2.45) is 0 Å². The van der Waals surface area contributed by atoms with Gasteiger partial charge in [0.1, 0.15) is 6.04 Å². The molecule has 1 unspecified atom stereocenters. The van der Waals surface area contributed by atoms with Crippen molar-refractivity contribution >= 4 is 29.2 Å². The van der Waals surface area contributed by atoms with Crippen LogP contribution in [0.25, 0.3) is 0 Å². The highest BCUT2D eigenvalue weighted by Gasteiger charge is 2.29. The summed E-state index contributed by atoms with van der Waals surface area (Å²) in [6, 6.07) is 6.20. The molecule has 6 nitrogen and oxygen atoms in total. The van der Waals surface area contributed by atoms with Crippen LogP contribution in [0.2, 0.25) is 5.02 Å². The second kappa shape index (κ2) is 7.40. The first-order chi connectivity index (χ1) is 10.1. The van der Waals surface area contributed by atoms with Gasteiger partial charge in [0.15, 0.2) is 0 Å². The maximum atomic E-state index is 11.9. The summed E-state index contributed by atoms with van der Waals surface area (Å²) in [5, 5.41) is 12.4. The Labute approximate surface area is 127 Å². The topological polar surface area (TPSA) is 78.9 Å². The van der Waals surface area contributed by atoms with Gasteiger partial charge < -0.3 is 15.2 Å². The van der Waals surface area contributed by atoms with Crippen LogP contribution in [0.3, 0.4) is 0 Å². The van der Waals surface area contributed by atoms with Crippen molar-refractivity contribution in [1.82, 2.24) is 4.90 Å². The van der Waals surface area contributed by atoms with Crippen LogP contribution < -0.4 is 5.32 Å². The summed E-state index contributed by atoms with van der Waals surface area (Å²) in [5.74, 6) is -1.10. The number of benzene rings is 1. The van der Waals surface area contributed by atoms with Gasteiger partial charge in [0.2, 0.25) is 5.91 Å². The summed E-state index contributed by atoms with van der Waals surface area (Å²) in [6.45, 7) is 1.54. The molecule has 1 saturated heterocycles. The number of hydrogen-bond acceptors (Lipinski definition) is 4. The zero-order chi connectivity index (χ0) is 15.2. The number of nitrogens with zero attached hydrogens (tertiary/aromatic N) is 1. The summed E-state index contributed by atoms with van der Waals surface area (Å²) >= 11 is 5.84. The van der Waals surface area contributed by atoms with Crippen molar-refractivity contribution in [3.05, 3.63) is 29.3 Å². The van der Waals surface area contributed by atoms with E-state index in [1.807, 2.05) is 0 Å². The van der Waals surface area contributed by atoms with E-state index in [0.717, 1.165) is 0 Å². The third kappa shape index (κ3) is 4.70. The number of halogens is 1. The van der Waals surface area contributed by atoms with E-state index in [1.54, 1.807) is 29.2 Å². The van der Waals surface area contributed by atoms with Gasteiger partial charge in [-0.25, -0.2) is 0 Å². The lowest BCUT2D eigenvalue weighted by Crippen LogP contribution is -2.50. The molecule has 0 bridgehead atoms. The first-order valence-corrected chi connectivity index (χ1v) is 7.04. The maximum Gasteiger partial charge on any atom is 0.323 e. The highest BCUT2D eigenvalue weighted by atomic mass is 35.5. The van der Waals surface area contributed by atoms with Gasteiger partial charge in [-0.15, -0.1) is 0 Å². The fraction of sp³-hybridized carbons (Fsp3) is 0.429. The normalized spacial score (nSPS) is 19.2.